The van der Waals surface area contributed by atoms with Gasteiger partial charge in [-0.05, 0) is 18.2 Å². The predicted octanol–water partition coefficient (Wildman–Crippen LogP) is 2.52. The van der Waals surface area contributed by atoms with Gasteiger partial charge in [0.1, 0.15) is 10.5 Å². The number of thiophene rings is 1. The molecule has 1 aromatic carbocycles. The van der Waals surface area contributed by atoms with Crippen LogP contribution in [0.2, 0.25) is 0 Å². The molecular weight excluding hydrogens is 350 g/mol. The minimum atomic E-state index is -0.397. The van der Waals surface area contributed by atoms with Crippen LogP contribution < -0.4 is 10.9 Å². The van der Waals surface area contributed by atoms with Crippen molar-refractivity contribution in [1.82, 2.24) is 14.7 Å². The molecule has 26 heavy (non-hydrogen) atoms. The summed E-state index contributed by atoms with van der Waals surface area (Å²) in [5.74, 6) is -0.574. The Hall–Kier alpha value is -3.32. The lowest BCUT2D eigenvalue weighted by molar-refractivity contribution is 0.0907. The van der Waals surface area contributed by atoms with Gasteiger partial charge in [0.05, 0.1) is 16.8 Å². The second kappa shape index (κ2) is 6.53. The number of rotatable bonds is 4. The van der Waals surface area contributed by atoms with Gasteiger partial charge in [0.2, 0.25) is 0 Å². The molecule has 0 atom stereocenters. The number of carbonyl (C=O) groups is 2. The van der Waals surface area contributed by atoms with Crippen LogP contribution >= 0.6 is 11.3 Å². The van der Waals surface area contributed by atoms with E-state index in [0.717, 1.165) is 11.3 Å². The van der Waals surface area contributed by atoms with Crippen molar-refractivity contribution in [1.29, 1.82) is 0 Å². The molecule has 6 nitrogen and oxygen atoms in total. The van der Waals surface area contributed by atoms with Crippen molar-refractivity contribution >= 4 is 38.9 Å². The summed E-state index contributed by atoms with van der Waals surface area (Å²) in [6.07, 6.45) is 1.64. The summed E-state index contributed by atoms with van der Waals surface area (Å²) < 4.78 is 1.44. The van der Waals surface area contributed by atoms with Crippen molar-refractivity contribution in [2.75, 3.05) is 6.54 Å². The highest BCUT2D eigenvalue weighted by molar-refractivity contribution is 7.20. The Balaban J connectivity index is 1.59. The Morgan fingerprint density at radius 3 is 2.65 bits per heavy atom. The van der Waals surface area contributed by atoms with Gasteiger partial charge in [-0.25, -0.2) is 4.98 Å². The van der Waals surface area contributed by atoms with E-state index in [1.54, 1.807) is 48.7 Å². The number of pyridine rings is 1. The fourth-order valence-corrected chi connectivity index (χ4v) is 3.58. The smallest absolute Gasteiger partial charge is 0.266 e. The van der Waals surface area contributed by atoms with Crippen LogP contribution in [0.5, 0.6) is 0 Å². The molecule has 3 heterocycles. The Morgan fingerprint density at radius 1 is 1.08 bits per heavy atom. The SMILES string of the molecule is O=C(CNC(=O)c1cc2c(=O)n3ccccc3nc2s1)c1ccccc1. The number of ketones is 1. The highest BCUT2D eigenvalue weighted by Gasteiger charge is 2.15. The summed E-state index contributed by atoms with van der Waals surface area (Å²) in [5, 5.41) is 2.99. The van der Waals surface area contributed by atoms with Gasteiger partial charge < -0.3 is 5.32 Å². The average Bonchev–Trinajstić information content (AvgIpc) is 3.11. The molecule has 0 radical (unpaired) electrons. The first-order valence-electron chi connectivity index (χ1n) is 7.91. The summed E-state index contributed by atoms with van der Waals surface area (Å²) in [4.78, 5) is 42.2. The molecule has 0 aliphatic rings. The first kappa shape index (κ1) is 16.2. The third-order valence-electron chi connectivity index (χ3n) is 3.95. The van der Waals surface area contributed by atoms with E-state index in [4.69, 9.17) is 0 Å². The predicted molar refractivity (Wildman–Crippen MR) is 100.0 cm³/mol. The number of carbonyl (C=O) groups excluding carboxylic acids is 2. The number of hydrogen-bond donors (Lipinski definition) is 1. The second-order valence-electron chi connectivity index (χ2n) is 5.65. The van der Waals surface area contributed by atoms with Gasteiger partial charge >= 0.3 is 0 Å². The number of hydrogen-bond acceptors (Lipinski definition) is 5. The van der Waals surface area contributed by atoms with Crippen LogP contribution in [-0.4, -0.2) is 27.6 Å². The van der Waals surface area contributed by atoms with Gasteiger partial charge in [0.15, 0.2) is 5.78 Å². The summed E-state index contributed by atoms with van der Waals surface area (Å²) in [5.41, 5.74) is 0.842. The third-order valence-corrected chi connectivity index (χ3v) is 4.97. The summed E-state index contributed by atoms with van der Waals surface area (Å²) in [6.45, 7) is -0.106. The minimum Gasteiger partial charge on any atom is -0.344 e. The summed E-state index contributed by atoms with van der Waals surface area (Å²) in [6, 6.07) is 15.6. The molecule has 3 aromatic heterocycles. The van der Waals surface area contributed by atoms with Gasteiger partial charge in [0.25, 0.3) is 11.5 Å². The molecule has 0 aliphatic carbocycles. The quantitative estimate of drug-likeness (QED) is 0.565. The van der Waals surface area contributed by atoms with Crippen molar-refractivity contribution in [2.24, 2.45) is 0 Å². The average molecular weight is 363 g/mol. The number of benzene rings is 1. The molecule has 0 saturated heterocycles. The maximum absolute atomic E-state index is 12.5. The monoisotopic (exact) mass is 363 g/mol. The van der Waals surface area contributed by atoms with Crippen LogP contribution in [0.25, 0.3) is 15.9 Å². The molecule has 0 fully saturated rings. The van der Waals surface area contributed by atoms with E-state index < -0.39 is 5.91 Å². The molecule has 7 heteroatoms. The topological polar surface area (TPSA) is 80.5 Å². The number of aromatic nitrogens is 2. The van der Waals surface area contributed by atoms with Crippen LogP contribution in [-0.2, 0) is 0 Å². The standard InChI is InChI=1S/C19H13N3O3S/c23-14(12-6-2-1-3-7-12)11-20-17(24)15-10-13-18(26-15)21-16-8-4-5-9-22(16)19(13)25/h1-10H,11H2,(H,20,24). The van der Waals surface area contributed by atoms with Gasteiger partial charge in [-0.1, -0.05) is 36.4 Å². The van der Waals surface area contributed by atoms with E-state index in [-0.39, 0.29) is 17.9 Å². The molecule has 0 bridgehead atoms. The van der Waals surface area contributed by atoms with E-state index in [9.17, 15) is 14.4 Å². The van der Waals surface area contributed by atoms with E-state index in [2.05, 4.69) is 10.3 Å². The molecule has 0 saturated carbocycles. The first-order valence-corrected chi connectivity index (χ1v) is 8.72. The Bertz CT molecular complexity index is 1200. The summed E-state index contributed by atoms with van der Waals surface area (Å²) in [7, 11) is 0. The van der Waals surface area contributed by atoms with E-state index >= 15 is 0 Å². The zero-order chi connectivity index (χ0) is 18.1. The third kappa shape index (κ3) is 2.89. The molecule has 0 aliphatic heterocycles. The number of fused-ring (bicyclic) bond motifs is 2. The van der Waals surface area contributed by atoms with Gasteiger partial charge in [0, 0.05) is 11.8 Å². The molecule has 0 spiro atoms. The number of Topliss-reactive ketones (excluding diaryl/α,β-unsaturated/α-hetero) is 1. The van der Waals surface area contributed by atoms with Crippen LogP contribution in [0.15, 0.2) is 65.6 Å². The summed E-state index contributed by atoms with van der Waals surface area (Å²) >= 11 is 1.13. The molecule has 0 unspecified atom stereocenters. The van der Waals surface area contributed by atoms with Crippen LogP contribution in [0, 0.1) is 0 Å². The number of nitrogens with one attached hydrogen (secondary N) is 1. The maximum atomic E-state index is 12.5. The molecule has 128 valence electrons. The largest absolute Gasteiger partial charge is 0.344 e. The highest BCUT2D eigenvalue weighted by atomic mass is 32.1. The first-order chi connectivity index (χ1) is 12.6. The van der Waals surface area contributed by atoms with E-state index in [1.165, 1.54) is 10.5 Å². The van der Waals surface area contributed by atoms with Crippen molar-refractivity contribution in [3.8, 4) is 0 Å². The maximum Gasteiger partial charge on any atom is 0.266 e. The Labute approximate surface area is 151 Å². The Kier molecular flexibility index (Phi) is 4.06. The van der Waals surface area contributed by atoms with Gasteiger partial charge in [-0.3, -0.25) is 18.8 Å². The molecule has 4 rings (SSSR count). The Morgan fingerprint density at radius 2 is 1.85 bits per heavy atom. The second-order valence-corrected chi connectivity index (χ2v) is 6.68. The molecule has 1 amide bonds. The van der Waals surface area contributed by atoms with E-state index in [1.807, 2.05) is 6.07 Å². The fourth-order valence-electron chi connectivity index (χ4n) is 2.63. The van der Waals surface area contributed by atoms with Crippen molar-refractivity contribution in [2.45, 2.75) is 0 Å². The molecular formula is C19H13N3O3S. The molecule has 4 aromatic rings. The lowest BCUT2D eigenvalue weighted by Crippen LogP contribution is -2.28. The lowest BCUT2D eigenvalue weighted by Gasteiger charge is -2.02. The fraction of sp³-hybridized carbons (Fsp3) is 0.0526. The van der Waals surface area contributed by atoms with Crippen molar-refractivity contribution < 1.29 is 9.59 Å². The number of amides is 1. The van der Waals surface area contributed by atoms with Crippen LogP contribution in [0.3, 0.4) is 0 Å². The minimum absolute atomic E-state index is 0.106. The van der Waals surface area contributed by atoms with Gasteiger partial charge in [-0.2, -0.15) is 0 Å². The molecule has 1 N–H and O–H groups in total. The van der Waals surface area contributed by atoms with E-state index in [0.29, 0.717) is 26.3 Å². The van der Waals surface area contributed by atoms with Gasteiger partial charge in [-0.15, -0.1) is 11.3 Å². The van der Waals surface area contributed by atoms with Crippen molar-refractivity contribution in [3.05, 3.63) is 81.6 Å². The van der Waals surface area contributed by atoms with Crippen LogP contribution in [0.1, 0.15) is 20.0 Å². The van der Waals surface area contributed by atoms with Crippen molar-refractivity contribution in [3.63, 3.8) is 0 Å². The van der Waals surface area contributed by atoms with Crippen LogP contribution in [0.4, 0.5) is 0 Å². The zero-order valence-corrected chi connectivity index (χ0v) is 14.3. The normalized spacial score (nSPS) is 10.9. The zero-order valence-electron chi connectivity index (χ0n) is 13.5. The highest BCUT2D eigenvalue weighted by Crippen LogP contribution is 2.21. The lowest BCUT2D eigenvalue weighted by atomic mass is 10.1. The number of nitrogens with zero attached hydrogens (tertiary/aromatic N) is 2.